The molecule has 0 unspecified atom stereocenters. The Bertz CT molecular complexity index is 777. The maximum atomic E-state index is 10.6. The molecule has 0 amide bonds. The standard InChI is InChI=1S/C16H21ClN6O3/c1-18-16(20-7-8-22-11-13(10-21-22)23(24)25)19-6-5-12-3-4-14(26-2)9-15(12)17/h3-4,9-11H,5-8H2,1-2H3,(H2,18,19,20). The van der Waals surface area contributed by atoms with Gasteiger partial charge < -0.3 is 15.4 Å². The third-order valence-corrected chi connectivity index (χ3v) is 3.99. The zero-order valence-corrected chi connectivity index (χ0v) is 15.4. The summed E-state index contributed by atoms with van der Waals surface area (Å²) in [6, 6.07) is 5.59. The molecule has 0 radical (unpaired) electrons. The monoisotopic (exact) mass is 380 g/mol. The molecule has 1 aromatic heterocycles. The minimum Gasteiger partial charge on any atom is -0.497 e. The Morgan fingerprint density at radius 1 is 1.42 bits per heavy atom. The zero-order chi connectivity index (χ0) is 18.9. The van der Waals surface area contributed by atoms with Gasteiger partial charge in [0.1, 0.15) is 18.1 Å². The Morgan fingerprint density at radius 2 is 2.19 bits per heavy atom. The first-order valence-electron chi connectivity index (χ1n) is 7.97. The summed E-state index contributed by atoms with van der Waals surface area (Å²) in [5.74, 6) is 1.36. The SMILES string of the molecule is CN=C(NCCc1ccc(OC)cc1Cl)NCCn1cc([N+](=O)[O-])cn1. The van der Waals surface area contributed by atoms with Crippen molar-refractivity contribution in [3.63, 3.8) is 0 Å². The maximum absolute atomic E-state index is 10.6. The minimum atomic E-state index is -0.471. The highest BCUT2D eigenvalue weighted by Gasteiger charge is 2.08. The molecule has 26 heavy (non-hydrogen) atoms. The lowest BCUT2D eigenvalue weighted by atomic mass is 10.1. The summed E-state index contributed by atoms with van der Waals surface area (Å²) >= 11 is 6.22. The molecule has 1 aromatic carbocycles. The van der Waals surface area contributed by atoms with Gasteiger partial charge in [0.25, 0.3) is 0 Å². The first kappa shape index (κ1) is 19.5. The second-order valence-corrected chi connectivity index (χ2v) is 5.76. The van der Waals surface area contributed by atoms with Crippen molar-refractivity contribution >= 4 is 23.2 Å². The van der Waals surface area contributed by atoms with Crippen molar-refractivity contribution in [3.8, 4) is 5.75 Å². The fourth-order valence-electron chi connectivity index (χ4n) is 2.25. The van der Waals surface area contributed by atoms with E-state index in [1.807, 2.05) is 12.1 Å². The van der Waals surface area contributed by atoms with Crippen molar-refractivity contribution in [2.75, 3.05) is 27.2 Å². The number of nitrogens with zero attached hydrogens (tertiary/aromatic N) is 4. The summed E-state index contributed by atoms with van der Waals surface area (Å²) in [5.41, 5.74) is 0.989. The first-order chi connectivity index (χ1) is 12.5. The minimum absolute atomic E-state index is 0.0242. The van der Waals surface area contributed by atoms with E-state index in [9.17, 15) is 10.1 Å². The number of aromatic nitrogens is 2. The number of nitro groups is 1. The highest BCUT2D eigenvalue weighted by molar-refractivity contribution is 6.31. The number of hydrogen-bond acceptors (Lipinski definition) is 5. The van der Waals surface area contributed by atoms with Gasteiger partial charge in [0.05, 0.1) is 18.6 Å². The third-order valence-electron chi connectivity index (χ3n) is 3.63. The number of nitrogens with one attached hydrogen (secondary N) is 2. The fraction of sp³-hybridized carbons (Fsp3) is 0.375. The predicted octanol–water partition coefficient (Wildman–Crippen LogP) is 1.86. The van der Waals surface area contributed by atoms with Crippen molar-refractivity contribution in [1.29, 1.82) is 0 Å². The van der Waals surface area contributed by atoms with Crippen LogP contribution in [0, 0.1) is 10.1 Å². The average Bonchev–Trinajstić information content (AvgIpc) is 3.10. The van der Waals surface area contributed by atoms with Crippen LogP contribution in [0.2, 0.25) is 5.02 Å². The number of guanidine groups is 1. The molecule has 0 saturated heterocycles. The predicted molar refractivity (Wildman–Crippen MR) is 100.0 cm³/mol. The van der Waals surface area contributed by atoms with E-state index in [4.69, 9.17) is 16.3 Å². The van der Waals surface area contributed by atoms with Crippen molar-refractivity contribution in [2.24, 2.45) is 4.99 Å². The van der Waals surface area contributed by atoms with E-state index in [1.165, 1.54) is 17.1 Å². The summed E-state index contributed by atoms with van der Waals surface area (Å²) in [6.07, 6.45) is 3.35. The lowest BCUT2D eigenvalue weighted by Gasteiger charge is -2.12. The second-order valence-electron chi connectivity index (χ2n) is 5.35. The van der Waals surface area contributed by atoms with Gasteiger partial charge in [-0.2, -0.15) is 5.10 Å². The van der Waals surface area contributed by atoms with E-state index < -0.39 is 4.92 Å². The lowest BCUT2D eigenvalue weighted by Crippen LogP contribution is -2.39. The van der Waals surface area contributed by atoms with Crippen LogP contribution >= 0.6 is 11.6 Å². The molecule has 10 heteroatoms. The number of benzene rings is 1. The van der Waals surface area contributed by atoms with Crippen LogP contribution < -0.4 is 15.4 Å². The number of methoxy groups -OCH3 is 1. The van der Waals surface area contributed by atoms with Gasteiger partial charge in [-0.3, -0.25) is 19.8 Å². The van der Waals surface area contributed by atoms with Crippen LogP contribution in [0.5, 0.6) is 5.75 Å². The molecule has 0 aliphatic heterocycles. The van der Waals surface area contributed by atoms with Gasteiger partial charge in [-0.25, -0.2) is 0 Å². The van der Waals surface area contributed by atoms with E-state index >= 15 is 0 Å². The maximum Gasteiger partial charge on any atom is 0.306 e. The molecule has 0 fully saturated rings. The Balaban J connectivity index is 1.74. The summed E-state index contributed by atoms with van der Waals surface area (Å²) in [7, 11) is 3.28. The molecule has 0 aliphatic rings. The van der Waals surface area contributed by atoms with Crippen molar-refractivity contribution in [1.82, 2.24) is 20.4 Å². The lowest BCUT2D eigenvalue weighted by molar-refractivity contribution is -0.385. The molecule has 2 N–H and O–H groups in total. The molecule has 9 nitrogen and oxygen atoms in total. The normalized spacial score (nSPS) is 11.3. The van der Waals surface area contributed by atoms with Crippen LogP contribution in [0.1, 0.15) is 5.56 Å². The van der Waals surface area contributed by atoms with Gasteiger partial charge in [-0.1, -0.05) is 17.7 Å². The molecule has 2 rings (SSSR count). The van der Waals surface area contributed by atoms with Crippen molar-refractivity contribution in [2.45, 2.75) is 13.0 Å². The van der Waals surface area contributed by atoms with E-state index in [0.717, 1.165) is 17.7 Å². The topological polar surface area (TPSA) is 107 Å². The Kier molecular flexibility index (Phi) is 7.22. The van der Waals surface area contributed by atoms with E-state index in [2.05, 4.69) is 20.7 Å². The van der Waals surface area contributed by atoms with Crippen LogP contribution in [-0.4, -0.2) is 47.9 Å². The van der Waals surface area contributed by atoms with Crippen LogP contribution in [0.4, 0.5) is 5.69 Å². The van der Waals surface area contributed by atoms with Gasteiger partial charge in [0, 0.05) is 25.2 Å². The zero-order valence-electron chi connectivity index (χ0n) is 14.6. The molecule has 2 aromatic rings. The van der Waals surface area contributed by atoms with Crippen LogP contribution in [-0.2, 0) is 13.0 Å². The van der Waals surface area contributed by atoms with Gasteiger partial charge in [0.15, 0.2) is 5.96 Å². The summed E-state index contributed by atoms with van der Waals surface area (Å²) in [4.78, 5) is 14.3. The summed E-state index contributed by atoms with van der Waals surface area (Å²) < 4.78 is 6.64. The second kappa shape index (κ2) is 9.62. The van der Waals surface area contributed by atoms with E-state index in [-0.39, 0.29) is 5.69 Å². The molecule has 0 saturated carbocycles. The van der Waals surface area contributed by atoms with Crippen LogP contribution in [0.3, 0.4) is 0 Å². The van der Waals surface area contributed by atoms with Gasteiger partial charge in [0.2, 0.25) is 0 Å². The summed E-state index contributed by atoms with van der Waals surface area (Å²) in [6.45, 7) is 1.67. The number of hydrogen-bond donors (Lipinski definition) is 2. The highest BCUT2D eigenvalue weighted by Crippen LogP contribution is 2.22. The Labute approximate surface area is 156 Å². The highest BCUT2D eigenvalue weighted by atomic mass is 35.5. The van der Waals surface area contributed by atoms with Crippen LogP contribution in [0.15, 0.2) is 35.6 Å². The van der Waals surface area contributed by atoms with Gasteiger partial charge in [-0.05, 0) is 24.1 Å². The average molecular weight is 381 g/mol. The number of halogens is 1. The molecule has 140 valence electrons. The molecule has 0 aliphatic carbocycles. The van der Waals surface area contributed by atoms with E-state index in [1.54, 1.807) is 20.2 Å². The first-order valence-corrected chi connectivity index (χ1v) is 8.35. The Morgan fingerprint density at radius 3 is 2.81 bits per heavy atom. The number of aliphatic imine (C=N–C) groups is 1. The largest absolute Gasteiger partial charge is 0.497 e. The van der Waals surface area contributed by atoms with Crippen molar-refractivity contribution in [3.05, 3.63) is 51.3 Å². The van der Waals surface area contributed by atoms with Crippen molar-refractivity contribution < 1.29 is 9.66 Å². The smallest absolute Gasteiger partial charge is 0.306 e. The summed E-state index contributed by atoms with van der Waals surface area (Å²) in [5, 5.41) is 21.6. The molecular weight excluding hydrogens is 360 g/mol. The molecule has 0 spiro atoms. The number of rotatable bonds is 8. The molecular formula is C16H21ClN6O3. The Hall–Kier alpha value is -2.81. The molecule has 1 heterocycles. The number of ether oxygens (including phenoxy) is 1. The van der Waals surface area contributed by atoms with Crippen LogP contribution in [0.25, 0.3) is 0 Å². The van der Waals surface area contributed by atoms with Gasteiger partial charge in [-0.15, -0.1) is 0 Å². The third kappa shape index (κ3) is 5.62. The van der Waals surface area contributed by atoms with Gasteiger partial charge >= 0.3 is 5.69 Å². The molecule has 0 atom stereocenters. The fourth-order valence-corrected chi connectivity index (χ4v) is 2.52. The molecule has 0 bridgehead atoms. The van der Waals surface area contributed by atoms with E-state index in [0.29, 0.717) is 30.6 Å². The quantitative estimate of drug-likeness (QED) is 0.313.